The van der Waals surface area contributed by atoms with E-state index in [-0.39, 0.29) is 0 Å². The van der Waals surface area contributed by atoms with E-state index in [0.29, 0.717) is 11.6 Å². The zero-order valence-corrected chi connectivity index (χ0v) is 33.1. The second-order valence-electron chi connectivity index (χ2n) is 15.1. The molecule has 0 amide bonds. The van der Waals surface area contributed by atoms with Gasteiger partial charge in [0.15, 0.2) is 11.6 Å². The minimum Gasteiger partial charge on any atom is -0.309 e. The average Bonchev–Trinajstić information content (AvgIpc) is 3.68. The van der Waals surface area contributed by atoms with Gasteiger partial charge in [-0.25, -0.2) is 19.9 Å². The maximum absolute atomic E-state index is 5.36. The van der Waals surface area contributed by atoms with Gasteiger partial charge >= 0.3 is 0 Å². The quantitative estimate of drug-likeness (QED) is 0.154. The molecule has 3 aromatic heterocycles. The van der Waals surface area contributed by atoms with Gasteiger partial charge in [-0.3, -0.25) is 0 Å². The maximum Gasteiger partial charge on any atom is 0.161 e. The van der Waals surface area contributed by atoms with Gasteiger partial charge in [-0.1, -0.05) is 182 Å². The largest absolute Gasteiger partial charge is 0.309 e. The van der Waals surface area contributed by atoms with Gasteiger partial charge < -0.3 is 4.57 Å². The van der Waals surface area contributed by atoms with Gasteiger partial charge in [0.2, 0.25) is 0 Å². The van der Waals surface area contributed by atoms with E-state index in [1.807, 2.05) is 48.5 Å². The van der Waals surface area contributed by atoms with Crippen molar-refractivity contribution in [2.75, 3.05) is 0 Å². The molecule has 11 aromatic rings. The molecule has 5 heteroatoms. The monoisotopic (exact) mass is 779 g/mol. The van der Waals surface area contributed by atoms with E-state index in [4.69, 9.17) is 19.9 Å². The molecule has 0 atom stereocenters. The van der Waals surface area contributed by atoms with Gasteiger partial charge in [0.1, 0.15) is 0 Å². The van der Waals surface area contributed by atoms with Crippen LogP contribution in [0.25, 0.3) is 106 Å². The Balaban J connectivity index is 1.18. The number of hydrogen-bond acceptors (Lipinski definition) is 4. The highest BCUT2D eigenvalue weighted by molar-refractivity contribution is 6.10. The van der Waals surface area contributed by atoms with E-state index >= 15 is 0 Å². The first-order valence-electron chi connectivity index (χ1n) is 20.5. The van der Waals surface area contributed by atoms with E-state index in [1.54, 1.807) is 0 Å². The molecule has 0 radical (unpaired) electrons. The fourth-order valence-corrected chi connectivity index (χ4v) is 8.28. The highest BCUT2D eigenvalue weighted by Gasteiger charge is 2.20. The Hall–Kier alpha value is -8.28. The van der Waals surface area contributed by atoms with Crippen molar-refractivity contribution < 1.29 is 0 Å². The summed E-state index contributed by atoms with van der Waals surface area (Å²) >= 11 is 0. The first-order chi connectivity index (χ1) is 30.2. The summed E-state index contributed by atoms with van der Waals surface area (Å²) in [5.41, 5.74) is 14.7. The van der Waals surface area contributed by atoms with Gasteiger partial charge in [-0.15, -0.1) is 0 Å². The summed E-state index contributed by atoms with van der Waals surface area (Å²) in [4.78, 5) is 21.0. The molecule has 0 spiro atoms. The van der Waals surface area contributed by atoms with Crippen LogP contribution in [0.4, 0.5) is 0 Å². The summed E-state index contributed by atoms with van der Waals surface area (Å²) in [5, 5.41) is 2.40. The van der Waals surface area contributed by atoms with Crippen molar-refractivity contribution in [3.63, 3.8) is 0 Å². The van der Waals surface area contributed by atoms with Crippen LogP contribution < -0.4 is 0 Å². The Morgan fingerprint density at radius 2 is 0.705 bits per heavy atom. The van der Waals surface area contributed by atoms with Crippen LogP contribution in [0, 0.1) is 0 Å². The third-order valence-electron chi connectivity index (χ3n) is 11.2. The highest BCUT2D eigenvalue weighted by atomic mass is 15.0. The van der Waals surface area contributed by atoms with Crippen LogP contribution in [-0.2, 0) is 0 Å². The fraction of sp³-hybridized carbons (Fsp3) is 0. The van der Waals surface area contributed by atoms with Crippen molar-refractivity contribution >= 4 is 21.8 Å². The van der Waals surface area contributed by atoms with Gasteiger partial charge in [0.25, 0.3) is 0 Å². The maximum atomic E-state index is 5.36. The number of hydrogen-bond donors (Lipinski definition) is 0. The van der Waals surface area contributed by atoms with Crippen molar-refractivity contribution in [2.24, 2.45) is 0 Å². The lowest BCUT2D eigenvalue weighted by molar-refractivity contribution is 1.17. The molecule has 0 saturated heterocycles. The molecule has 0 aliphatic heterocycles. The first kappa shape index (κ1) is 35.8. The number of nitrogens with zero attached hydrogens (tertiary/aromatic N) is 5. The Labute approximate surface area is 354 Å². The third kappa shape index (κ3) is 6.84. The molecule has 5 nitrogen and oxygen atoms in total. The summed E-state index contributed by atoms with van der Waals surface area (Å²) in [5.74, 6) is 1.29. The molecule has 8 aromatic carbocycles. The molecular weight excluding hydrogens is 743 g/mol. The van der Waals surface area contributed by atoms with Crippen LogP contribution in [0.2, 0.25) is 0 Å². The number of benzene rings is 8. The summed E-state index contributed by atoms with van der Waals surface area (Å²) in [6, 6.07) is 77.9. The number of aromatic nitrogens is 5. The van der Waals surface area contributed by atoms with Gasteiger partial charge in [-0.2, -0.15) is 0 Å². The molecular formula is C56H37N5. The number of para-hydroxylation sites is 2. The van der Waals surface area contributed by atoms with Crippen molar-refractivity contribution in [3.05, 3.63) is 224 Å². The lowest BCUT2D eigenvalue weighted by Gasteiger charge is -2.16. The summed E-state index contributed by atoms with van der Waals surface area (Å²) < 4.78 is 2.36. The molecule has 0 unspecified atom stereocenters. The summed E-state index contributed by atoms with van der Waals surface area (Å²) in [6.07, 6.45) is 0. The van der Waals surface area contributed by atoms with Crippen LogP contribution in [0.15, 0.2) is 224 Å². The lowest BCUT2D eigenvalue weighted by atomic mass is 9.94. The van der Waals surface area contributed by atoms with Gasteiger partial charge in [-0.05, 0) is 53.6 Å². The highest BCUT2D eigenvalue weighted by Crippen LogP contribution is 2.40. The van der Waals surface area contributed by atoms with Crippen LogP contribution >= 0.6 is 0 Å². The predicted molar refractivity (Wildman–Crippen MR) is 250 cm³/mol. The van der Waals surface area contributed by atoms with E-state index < -0.39 is 0 Å². The molecule has 61 heavy (non-hydrogen) atoms. The normalized spacial score (nSPS) is 11.3. The van der Waals surface area contributed by atoms with Crippen molar-refractivity contribution in [2.45, 2.75) is 0 Å². The Morgan fingerprint density at radius 1 is 0.262 bits per heavy atom. The minimum absolute atomic E-state index is 0.626. The molecule has 0 fully saturated rings. The first-order valence-corrected chi connectivity index (χ1v) is 20.5. The summed E-state index contributed by atoms with van der Waals surface area (Å²) in [6.45, 7) is 0. The second kappa shape index (κ2) is 15.5. The van der Waals surface area contributed by atoms with Gasteiger partial charge in [0.05, 0.1) is 33.8 Å². The zero-order chi connectivity index (χ0) is 40.5. The van der Waals surface area contributed by atoms with Gasteiger partial charge in [0, 0.05) is 49.8 Å². The molecule has 11 rings (SSSR count). The second-order valence-corrected chi connectivity index (χ2v) is 15.1. The molecule has 0 saturated carbocycles. The summed E-state index contributed by atoms with van der Waals surface area (Å²) in [7, 11) is 0. The predicted octanol–water partition coefficient (Wildman–Crippen LogP) is 14.0. The van der Waals surface area contributed by atoms with E-state index in [0.717, 1.165) is 84.0 Å². The Kier molecular flexibility index (Phi) is 9.10. The average molecular weight is 780 g/mol. The minimum atomic E-state index is 0.626. The van der Waals surface area contributed by atoms with Crippen molar-refractivity contribution in [3.8, 4) is 84.6 Å². The van der Waals surface area contributed by atoms with Crippen LogP contribution in [0.5, 0.6) is 0 Å². The number of rotatable bonds is 8. The third-order valence-corrected chi connectivity index (χ3v) is 11.2. The van der Waals surface area contributed by atoms with E-state index in [1.165, 1.54) is 10.8 Å². The van der Waals surface area contributed by atoms with E-state index in [9.17, 15) is 0 Å². The van der Waals surface area contributed by atoms with Crippen molar-refractivity contribution in [1.82, 2.24) is 24.5 Å². The molecule has 0 N–H and O–H groups in total. The van der Waals surface area contributed by atoms with Crippen LogP contribution in [-0.4, -0.2) is 24.5 Å². The Morgan fingerprint density at radius 3 is 1.28 bits per heavy atom. The van der Waals surface area contributed by atoms with Crippen molar-refractivity contribution in [1.29, 1.82) is 0 Å². The molecule has 0 aliphatic rings. The van der Waals surface area contributed by atoms with Crippen LogP contribution in [0.3, 0.4) is 0 Å². The smallest absolute Gasteiger partial charge is 0.161 e. The van der Waals surface area contributed by atoms with E-state index in [2.05, 4.69) is 180 Å². The standard InChI is InChI=1S/C56H37N5/c1-6-18-38(19-7-1)49-37-52(58-55(57-49)41-24-12-4-13-25-41)43-31-32-45(42-30-33-47-46-28-16-17-29-53(46)61(54(47)35-42)44-26-14-5-15-27-44)48(34-43)56-59-50(39-20-8-2-9-21-39)36-51(60-56)40-22-10-3-11-23-40/h1-37H. The molecule has 0 bridgehead atoms. The number of fused-ring (bicyclic) bond motifs is 3. The molecule has 0 aliphatic carbocycles. The Bertz CT molecular complexity index is 3210. The zero-order valence-electron chi connectivity index (χ0n) is 33.1. The lowest BCUT2D eigenvalue weighted by Crippen LogP contribution is -1.99. The molecule has 3 heterocycles. The SMILES string of the molecule is c1ccc(-c2cc(-c3ccc(-c4ccc5c6ccccc6n(-c6ccccc6)c5c4)c(-c4nc(-c5ccccc5)cc(-c5ccccc5)n4)c3)nc(-c3ccccc3)n2)cc1. The fourth-order valence-electron chi connectivity index (χ4n) is 8.28. The topological polar surface area (TPSA) is 56.5 Å². The molecule has 286 valence electrons. The van der Waals surface area contributed by atoms with Crippen LogP contribution in [0.1, 0.15) is 0 Å².